The van der Waals surface area contributed by atoms with Crippen molar-refractivity contribution in [3.05, 3.63) is 41.2 Å². The molecule has 0 atom stereocenters. The molecule has 0 saturated heterocycles. The molecule has 0 aliphatic rings. The Morgan fingerprint density at radius 3 is 2.71 bits per heavy atom. The van der Waals surface area contributed by atoms with Crippen LogP contribution >= 0.6 is 11.5 Å². The molecule has 72 valence electrons. The van der Waals surface area contributed by atoms with Crippen LogP contribution in [-0.4, -0.2) is 9.59 Å². The highest BCUT2D eigenvalue weighted by atomic mass is 32.1. The minimum atomic E-state index is -0.271. The molecule has 0 bridgehead atoms. The van der Waals surface area contributed by atoms with E-state index >= 15 is 0 Å². The smallest absolute Gasteiger partial charge is 0.133 e. The molecule has 0 radical (unpaired) electrons. The van der Waals surface area contributed by atoms with Gasteiger partial charge in [0.25, 0.3) is 0 Å². The summed E-state index contributed by atoms with van der Waals surface area (Å²) in [5, 5.41) is 5.63. The first-order chi connectivity index (χ1) is 6.84. The largest absolute Gasteiger partial charge is 0.487 e. The first kappa shape index (κ1) is 9.08. The van der Waals surface area contributed by atoms with Gasteiger partial charge in [0.2, 0.25) is 0 Å². The fourth-order valence-electron chi connectivity index (χ4n) is 0.935. The van der Waals surface area contributed by atoms with Gasteiger partial charge in [-0.3, -0.25) is 0 Å². The minimum Gasteiger partial charge on any atom is -0.487 e. The highest BCUT2D eigenvalue weighted by molar-refractivity contribution is 7.03. The molecule has 0 fully saturated rings. The molecule has 0 aliphatic carbocycles. The molecule has 0 N–H and O–H groups in total. The standard InChI is InChI=1S/C9H7FN2OS/c10-7-1-3-9(4-2-7)13-5-8-6-14-12-11-8/h1-4,6H,5H2. The van der Waals surface area contributed by atoms with Crippen molar-refractivity contribution < 1.29 is 9.13 Å². The number of nitrogens with zero attached hydrogens (tertiary/aromatic N) is 2. The van der Waals surface area contributed by atoms with Crippen LogP contribution in [0.3, 0.4) is 0 Å². The van der Waals surface area contributed by atoms with Crippen LogP contribution in [0.1, 0.15) is 5.69 Å². The van der Waals surface area contributed by atoms with E-state index in [2.05, 4.69) is 9.59 Å². The summed E-state index contributed by atoms with van der Waals surface area (Å²) in [4.78, 5) is 0. The third-order valence-electron chi connectivity index (χ3n) is 1.61. The summed E-state index contributed by atoms with van der Waals surface area (Å²) < 4.78 is 21.6. The molecular formula is C9H7FN2OS. The van der Waals surface area contributed by atoms with Crippen molar-refractivity contribution >= 4 is 11.5 Å². The molecule has 0 amide bonds. The zero-order valence-electron chi connectivity index (χ0n) is 7.18. The molecule has 0 saturated carbocycles. The lowest BCUT2D eigenvalue weighted by Crippen LogP contribution is -1.95. The summed E-state index contributed by atoms with van der Waals surface area (Å²) in [5.41, 5.74) is 0.777. The van der Waals surface area contributed by atoms with E-state index in [0.29, 0.717) is 12.4 Å². The number of ether oxygens (including phenoxy) is 1. The van der Waals surface area contributed by atoms with Gasteiger partial charge in [0.15, 0.2) is 0 Å². The van der Waals surface area contributed by atoms with Crippen molar-refractivity contribution in [2.24, 2.45) is 0 Å². The SMILES string of the molecule is Fc1ccc(OCc2csnn2)cc1. The van der Waals surface area contributed by atoms with Crippen molar-refractivity contribution in [2.45, 2.75) is 6.61 Å². The summed E-state index contributed by atoms with van der Waals surface area (Å²) in [5.74, 6) is 0.354. The topological polar surface area (TPSA) is 35.0 Å². The maximum atomic E-state index is 12.5. The number of hydrogen-bond acceptors (Lipinski definition) is 4. The van der Waals surface area contributed by atoms with E-state index in [1.165, 1.54) is 23.7 Å². The molecule has 1 aromatic heterocycles. The number of rotatable bonds is 3. The average molecular weight is 210 g/mol. The summed E-state index contributed by atoms with van der Waals surface area (Å²) in [6, 6.07) is 5.87. The second-order valence-corrected chi connectivity index (χ2v) is 3.25. The summed E-state index contributed by atoms with van der Waals surface area (Å²) in [6.45, 7) is 0.363. The lowest BCUT2D eigenvalue weighted by molar-refractivity contribution is 0.300. The summed E-state index contributed by atoms with van der Waals surface area (Å²) >= 11 is 1.28. The van der Waals surface area contributed by atoms with E-state index in [1.54, 1.807) is 12.1 Å². The maximum absolute atomic E-state index is 12.5. The highest BCUT2D eigenvalue weighted by Gasteiger charge is 1.98. The minimum absolute atomic E-state index is 0.271. The third-order valence-corrected chi connectivity index (χ3v) is 2.16. The van der Waals surface area contributed by atoms with E-state index in [4.69, 9.17) is 4.74 Å². The van der Waals surface area contributed by atoms with E-state index < -0.39 is 0 Å². The van der Waals surface area contributed by atoms with Crippen molar-refractivity contribution in [2.75, 3.05) is 0 Å². The van der Waals surface area contributed by atoms with Crippen LogP contribution in [0.5, 0.6) is 5.75 Å². The van der Waals surface area contributed by atoms with Crippen molar-refractivity contribution in [1.82, 2.24) is 9.59 Å². The Bertz CT molecular complexity index is 388. The molecule has 5 heteroatoms. The Morgan fingerprint density at radius 2 is 2.07 bits per heavy atom. The number of benzene rings is 1. The Morgan fingerprint density at radius 1 is 1.29 bits per heavy atom. The zero-order chi connectivity index (χ0) is 9.80. The first-order valence-electron chi connectivity index (χ1n) is 3.99. The van der Waals surface area contributed by atoms with E-state index in [1.807, 2.05) is 5.38 Å². The van der Waals surface area contributed by atoms with Gasteiger partial charge in [-0.05, 0) is 35.8 Å². The molecule has 14 heavy (non-hydrogen) atoms. The van der Waals surface area contributed by atoms with Crippen molar-refractivity contribution in [1.29, 1.82) is 0 Å². The fraction of sp³-hybridized carbons (Fsp3) is 0.111. The molecule has 1 heterocycles. The van der Waals surface area contributed by atoms with Gasteiger partial charge in [-0.1, -0.05) is 4.49 Å². The monoisotopic (exact) mass is 210 g/mol. The van der Waals surface area contributed by atoms with E-state index in [0.717, 1.165) is 5.69 Å². The average Bonchev–Trinajstić information content (AvgIpc) is 2.70. The number of aromatic nitrogens is 2. The fourth-order valence-corrected chi connectivity index (χ4v) is 1.37. The molecule has 3 nitrogen and oxygen atoms in total. The van der Waals surface area contributed by atoms with Crippen LogP contribution in [0.15, 0.2) is 29.6 Å². The lowest BCUT2D eigenvalue weighted by atomic mass is 10.3. The molecule has 0 unspecified atom stereocenters. The number of hydrogen-bond donors (Lipinski definition) is 0. The van der Waals surface area contributed by atoms with Gasteiger partial charge in [0, 0.05) is 5.38 Å². The van der Waals surface area contributed by atoms with Crippen LogP contribution in [0, 0.1) is 5.82 Å². The summed E-state index contributed by atoms with van der Waals surface area (Å²) in [7, 11) is 0. The molecule has 1 aromatic carbocycles. The van der Waals surface area contributed by atoms with Crippen molar-refractivity contribution in [3.63, 3.8) is 0 Å². The third kappa shape index (κ3) is 2.26. The lowest BCUT2D eigenvalue weighted by Gasteiger charge is -2.02. The van der Waals surface area contributed by atoms with Gasteiger partial charge < -0.3 is 4.74 Å². The van der Waals surface area contributed by atoms with Crippen molar-refractivity contribution in [3.8, 4) is 5.75 Å². The molecular weight excluding hydrogens is 203 g/mol. The van der Waals surface area contributed by atoms with Crippen LogP contribution in [0.25, 0.3) is 0 Å². The molecule has 2 rings (SSSR count). The first-order valence-corrected chi connectivity index (χ1v) is 4.82. The van der Waals surface area contributed by atoms with Crippen LogP contribution in [-0.2, 0) is 6.61 Å². The van der Waals surface area contributed by atoms with E-state index in [9.17, 15) is 4.39 Å². The molecule has 2 aromatic rings. The maximum Gasteiger partial charge on any atom is 0.133 e. The quantitative estimate of drug-likeness (QED) is 0.779. The second-order valence-electron chi connectivity index (χ2n) is 2.64. The van der Waals surface area contributed by atoms with E-state index in [-0.39, 0.29) is 5.82 Å². The van der Waals surface area contributed by atoms with Gasteiger partial charge in [0.1, 0.15) is 23.9 Å². The van der Waals surface area contributed by atoms with Gasteiger partial charge >= 0.3 is 0 Å². The Balaban J connectivity index is 1.95. The second kappa shape index (κ2) is 4.15. The van der Waals surface area contributed by atoms with Crippen LogP contribution in [0.4, 0.5) is 4.39 Å². The van der Waals surface area contributed by atoms with Gasteiger partial charge in [-0.15, -0.1) is 5.10 Å². The van der Waals surface area contributed by atoms with Gasteiger partial charge in [-0.25, -0.2) is 4.39 Å². The normalized spacial score (nSPS) is 10.1. The Labute approximate surface area is 84.3 Å². The zero-order valence-corrected chi connectivity index (χ0v) is 8.00. The summed E-state index contributed by atoms with van der Waals surface area (Å²) in [6.07, 6.45) is 0. The predicted octanol–water partition coefficient (Wildman–Crippen LogP) is 2.26. The van der Waals surface area contributed by atoms with Crippen LogP contribution < -0.4 is 4.74 Å². The predicted molar refractivity (Wildman–Crippen MR) is 50.6 cm³/mol. The van der Waals surface area contributed by atoms with Crippen LogP contribution in [0.2, 0.25) is 0 Å². The molecule has 0 aliphatic heterocycles. The Kier molecular flexibility index (Phi) is 2.69. The Hall–Kier alpha value is -1.49. The number of halogens is 1. The van der Waals surface area contributed by atoms with Gasteiger partial charge in [0.05, 0.1) is 0 Å². The molecule has 0 spiro atoms. The highest BCUT2D eigenvalue weighted by Crippen LogP contribution is 2.12. The van der Waals surface area contributed by atoms with Gasteiger partial charge in [-0.2, -0.15) is 0 Å².